The molecule has 1 unspecified atom stereocenters. The first-order valence-electron chi connectivity index (χ1n) is 9.41. The highest BCUT2D eigenvalue weighted by molar-refractivity contribution is 5.95. The van der Waals surface area contributed by atoms with Crippen LogP contribution in [-0.2, 0) is 10.3 Å². The Morgan fingerprint density at radius 2 is 1.97 bits per heavy atom. The lowest BCUT2D eigenvalue weighted by Crippen LogP contribution is -2.45. The largest absolute Gasteiger partial charge is 0.497 e. The van der Waals surface area contributed by atoms with E-state index >= 15 is 0 Å². The molecule has 29 heavy (non-hydrogen) atoms. The maximum Gasteiger partial charge on any atom is 0.306 e. The minimum atomic E-state index is -1.09. The Kier molecular flexibility index (Phi) is 5.87. The number of anilines is 1. The predicted molar refractivity (Wildman–Crippen MR) is 112 cm³/mol. The number of rotatable bonds is 7. The normalized spacial score (nSPS) is 15.4. The van der Waals surface area contributed by atoms with Gasteiger partial charge in [-0.25, -0.2) is 0 Å². The number of carbonyl (C=O) groups excluding carboxylic acids is 1. The third-order valence-corrected chi connectivity index (χ3v) is 5.01. The molecule has 1 heterocycles. The first kappa shape index (κ1) is 20.4. The Hall–Kier alpha value is -3.35. The average molecular weight is 395 g/mol. The van der Waals surface area contributed by atoms with Crippen molar-refractivity contribution in [3.8, 4) is 5.75 Å². The van der Waals surface area contributed by atoms with Gasteiger partial charge in [0.1, 0.15) is 5.75 Å². The molecule has 1 atom stereocenters. The van der Waals surface area contributed by atoms with Crippen LogP contribution in [0.15, 0.2) is 53.6 Å². The number of carboxylic acid groups (broad SMARTS) is 1. The van der Waals surface area contributed by atoms with Gasteiger partial charge >= 0.3 is 5.97 Å². The Labute approximate surface area is 170 Å². The van der Waals surface area contributed by atoms with Crippen LogP contribution < -0.4 is 15.1 Å². The summed E-state index contributed by atoms with van der Waals surface area (Å²) in [4.78, 5) is 24.4. The molecule has 0 saturated heterocycles. The third kappa shape index (κ3) is 4.74. The van der Waals surface area contributed by atoms with Gasteiger partial charge in [0.15, 0.2) is 0 Å². The molecule has 2 aromatic rings. The highest BCUT2D eigenvalue weighted by Crippen LogP contribution is 2.28. The highest BCUT2D eigenvalue weighted by atomic mass is 16.5. The zero-order chi connectivity index (χ0) is 21.0. The van der Waals surface area contributed by atoms with Crippen molar-refractivity contribution < 1.29 is 19.4 Å². The van der Waals surface area contributed by atoms with Gasteiger partial charge in [-0.2, -0.15) is 5.10 Å². The second-order valence-electron chi connectivity index (χ2n) is 7.34. The monoisotopic (exact) mass is 395 g/mol. The van der Waals surface area contributed by atoms with Crippen LogP contribution in [0.4, 0.5) is 5.69 Å². The number of amides is 1. The molecule has 7 heteroatoms. The smallest absolute Gasteiger partial charge is 0.306 e. The molecule has 0 fully saturated rings. The van der Waals surface area contributed by atoms with Crippen molar-refractivity contribution in [2.75, 3.05) is 18.7 Å². The van der Waals surface area contributed by atoms with Crippen LogP contribution in [0.1, 0.15) is 42.6 Å². The quantitative estimate of drug-likeness (QED) is 0.750. The van der Waals surface area contributed by atoms with Gasteiger partial charge in [0.05, 0.1) is 24.8 Å². The molecule has 0 saturated carbocycles. The van der Waals surface area contributed by atoms with Crippen LogP contribution in [0.2, 0.25) is 0 Å². The van der Waals surface area contributed by atoms with E-state index in [9.17, 15) is 14.7 Å². The van der Waals surface area contributed by atoms with Crippen LogP contribution in [0, 0.1) is 0 Å². The van der Waals surface area contributed by atoms with Crippen molar-refractivity contribution in [3.63, 3.8) is 0 Å². The number of benzene rings is 2. The molecule has 0 aliphatic carbocycles. The van der Waals surface area contributed by atoms with Gasteiger partial charge in [-0.1, -0.05) is 12.1 Å². The summed E-state index contributed by atoms with van der Waals surface area (Å²) in [7, 11) is 1.54. The molecule has 0 bridgehead atoms. The third-order valence-electron chi connectivity index (χ3n) is 5.01. The molecule has 3 rings (SSSR count). The number of hydrogen-bond acceptors (Lipinski definition) is 5. The van der Waals surface area contributed by atoms with Crippen molar-refractivity contribution in [3.05, 3.63) is 59.7 Å². The lowest BCUT2D eigenvalue weighted by atomic mass is 9.88. The van der Waals surface area contributed by atoms with Gasteiger partial charge in [0.25, 0.3) is 5.91 Å². The van der Waals surface area contributed by atoms with E-state index in [4.69, 9.17) is 4.74 Å². The SMILES string of the molecule is COc1cccc(C(C)(CC(=O)O)NC(=O)c2ccc(N3CCC(C)=N3)cc2)c1. The summed E-state index contributed by atoms with van der Waals surface area (Å²) in [5.41, 5.74) is 2.01. The van der Waals surface area contributed by atoms with E-state index in [1.165, 1.54) is 0 Å². The summed E-state index contributed by atoms with van der Waals surface area (Å²) in [6.07, 6.45) is 0.669. The predicted octanol–water partition coefficient (Wildman–Crippen LogP) is 3.40. The number of nitrogens with zero attached hydrogens (tertiary/aromatic N) is 2. The minimum absolute atomic E-state index is 0.258. The van der Waals surface area contributed by atoms with E-state index in [0.29, 0.717) is 16.9 Å². The molecule has 7 nitrogen and oxygen atoms in total. The first-order valence-corrected chi connectivity index (χ1v) is 9.41. The maximum atomic E-state index is 12.9. The average Bonchev–Trinajstić information content (AvgIpc) is 3.14. The van der Waals surface area contributed by atoms with E-state index in [1.807, 2.05) is 24.1 Å². The summed E-state index contributed by atoms with van der Waals surface area (Å²) in [5, 5.41) is 18.6. The van der Waals surface area contributed by atoms with Crippen molar-refractivity contribution in [1.29, 1.82) is 0 Å². The van der Waals surface area contributed by atoms with Crippen molar-refractivity contribution in [1.82, 2.24) is 5.32 Å². The summed E-state index contributed by atoms with van der Waals surface area (Å²) in [6, 6.07) is 14.2. The maximum absolute atomic E-state index is 12.9. The van der Waals surface area contributed by atoms with E-state index in [0.717, 1.165) is 24.4 Å². The second-order valence-corrected chi connectivity index (χ2v) is 7.34. The van der Waals surface area contributed by atoms with Crippen LogP contribution in [-0.4, -0.2) is 36.3 Å². The fourth-order valence-electron chi connectivity index (χ4n) is 3.36. The van der Waals surface area contributed by atoms with Crippen molar-refractivity contribution in [2.45, 2.75) is 32.2 Å². The van der Waals surface area contributed by atoms with E-state index < -0.39 is 11.5 Å². The van der Waals surface area contributed by atoms with Crippen LogP contribution in [0.5, 0.6) is 5.75 Å². The van der Waals surface area contributed by atoms with Gasteiger partial charge in [0, 0.05) is 24.2 Å². The van der Waals surface area contributed by atoms with Gasteiger partial charge in [-0.3, -0.25) is 14.6 Å². The Balaban J connectivity index is 1.82. The standard InChI is InChI=1S/C22H25N3O4/c1-15-11-12-25(24-15)18-9-7-16(8-10-18)21(28)23-22(2,14-20(26)27)17-5-4-6-19(13-17)29-3/h4-10,13H,11-12,14H2,1-3H3,(H,23,28)(H,26,27). The number of methoxy groups -OCH3 is 1. The molecule has 1 amide bonds. The number of carbonyl (C=O) groups is 2. The van der Waals surface area contributed by atoms with Gasteiger partial charge in [-0.05, 0) is 55.8 Å². The summed E-state index contributed by atoms with van der Waals surface area (Å²) < 4.78 is 5.24. The number of nitrogens with one attached hydrogen (secondary N) is 1. The second kappa shape index (κ2) is 8.34. The fraction of sp³-hybridized carbons (Fsp3) is 0.318. The Morgan fingerprint density at radius 1 is 1.24 bits per heavy atom. The summed E-state index contributed by atoms with van der Waals surface area (Å²) in [5.74, 6) is -0.753. The topological polar surface area (TPSA) is 91.2 Å². The number of carboxylic acids is 1. The molecule has 0 aromatic heterocycles. The van der Waals surface area contributed by atoms with Gasteiger partial charge < -0.3 is 15.2 Å². The zero-order valence-corrected chi connectivity index (χ0v) is 16.8. The molecule has 0 spiro atoms. The molecule has 2 N–H and O–H groups in total. The van der Waals surface area contributed by atoms with E-state index in [-0.39, 0.29) is 12.3 Å². The van der Waals surface area contributed by atoms with Crippen molar-refractivity contribution in [2.24, 2.45) is 5.10 Å². The Morgan fingerprint density at radius 3 is 2.55 bits per heavy atom. The van der Waals surface area contributed by atoms with Crippen LogP contribution in [0.3, 0.4) is 0 Å². The van der Waals surface area contributed by atoms with Crippen LogP contribution >= 0.6 is 0 Å². The lowest BCUT2D eigenvalue weighted by molar-refractivity contribution is -0.138. The molecule has 152 valence electrons. The van der Waals surface area contributed by atoms with E-state index in [1.54, 1.807) is 50.4 Å². The van der Waals surface area contributed by atoms with Crippen molar-refractivity contribution >= 4 is 23.3 Å². The number of hydrazone groups is 1. The Bertz CT molecular complexity index is 939. The minimum Gasteiger partial charge on any atom is -0.497 e. The molecular formula is C22H25N3O4. The van der Waals surface area contributed by atoms with Gasteiger partial charge in [0.2, 0.25) is 0 Å². The zero-order valence-electron chi connectivity index (χ0n) is 16.8. The molecule has 1 aliphatic heterocycles. The highest BCUT2D eigenvalue weighted by Gasteiger charge is 2.32. The molecule has 0 radical (unpaired) electrons. The molecule has 1 aliphatic rings. The number of aliphatic carboxylic acids is 1. The fourth-order valence-corrected chi connectivity index (χ4v) is 3.36. The first-order chi connectivity index (χ1) is 13.8. The van der Waals surface area contributed by atoms with E-state index in [2.05, 4.69) is 10.4 Å². The summed E-state index contributed by atoms with van der Waals surface area (Å²) >= 11 is 0. The molecular weight excluding hydrogens is 370 g/mol. The summed E-state index contributed by atoms with van der Waals surface area (Å²) in [6.45, 7) is 4.51. The lowest BCUT2D eigenvalue weighted by Gasteiger charge is -2.30. The molecule has 2 aromatic carbocycles. The number of hydrogen-bond donors (Lipinski definition) is 2. The van der Waals surface area contributed by atoms with Crippen LogP contribution in [0.25, 0.3) is 0 Å². The number of ether oxygens (including phenoxy) is 1. The van der Waals surface area contributed by atoms with Gasteiger partial charge in [-0.15, -0.1) is 0 Å².